The fraction of sp³-hybridized carbons (Fsp3) is 0.150. The standard InChI is InChI=1S/C20H16ClN7O2/c1-2-30-14-9-5-11(6-10-14)16-15-17(19(29)24-23-16)22-20-25-26-27-28(20)18(15)12-3-7-13(21)8-4-12/h3-10,18H,2H2,1H3,(H,24,29)(H,22,25,27)/t18-/m0/s1. The zero-order chi connectivity index (χ0) is 20.7. The van der Waals surface area contributed by atoms with Crippen molar-refractivity contribution in [3.05, 3.63) is 75.0 Å². The molecule has 0 fully saturated rings. The van der Waals surface area contributed by atoms with Crippen LogP contribution < -0.4 is 15.6 Å². The molecule has 1 atom stereocenters. The largest absolute Gasteiger partial charge is 0.494 e. The first-order valence-electron chi connectivity index (χ1n) is 9.32. The Labute approximate surface area is 175 Å². The average Bonchev–Trinajstić information content (AvgIpc) is 3.23. The lowest BCUT2D eigenvalue weighted by Crippen LogP contribution is -2.29. The molecule has 0 spiro atoms. The van der Waals surface area contributed by atoms with Crippen LogP contribution in [0.3, 0.4) is 0 Å². The fourth-order valence-electron chi connectivity index (χ4n) is 3.59. The Hall–Kier alpha value is -3.72. The van der Waals surface area contributed by atoms with Crippen molar-refractivity contribution in [3.8, 4) is 17.0 Å². The summed E-state index contributed by atoms with van der Waals surface area (Å²) in [7, 11) is 0. The van der Waals surface area contributed by atoms with E-state index in [9.17, 15) is 4.79 Å². The van der Waals surface area contributed by atoms with Crippen LogP contribution in [-0.4, -0.2) is 37.0 Å². The molecule has 10 heteroatoms. The third-order valence-corrected chi connectivity index (χ3v) is 5.14. The van der Waals surface area contributed by atoms with Crippen molar-refractivity contribution in [2.45, 2.75) is 13.0 Å². The molecule has 0 aliphatic carbocycles. The van der Waals surface area contributed by atoms with Crippen LogP contribution in [0.2, 0.25) is 5.02 Å². The first-order valence-corrected chi connectivity index (χ1v) is 9.69. The number of halogens is 1. The number of fused-ring (bicyclic) bond motifs is 2. The Morgan fingerprint density at radius 2 is 1.90 bits per heavy atom. The number of nitrogens with one attached hydrogen (secondary N) is 2. The molecule has 2 N–H and O–H groups in total. The van der Waals surface area contributed by atoms with Crippen LogP contribution in [0.15, 0.2) is 53.3 Å². The first kappa shape index (κ1) is 18.3. The van der Waals surface area contributed by atoms with Gasteiger partial charge in [0.15, 0.2) is 0 Å². The van der Waals surface area contributed by atoms with Gasteiger partial charge in [0.05, 0.1) is 12.3 Å². The van der Waals surface area contributed by atoms with Crippen molar-refractivity contribution in [2.24, 2.45) is 0 Å². The van der Waals surface area contributed by atoms with E-state index >= 15 is 0 Å². The van der Waals surface area contributed by atoms with Gasteiger partial charge < -0.3 is 10.1 Å². The third-order valence-electron chi connectivity index (χ3n) is 4.89. The molecule has 30 heavy (non-hydrogen) atoms. The molecule has 0 bridgehead atoms. The lowest BCUT2D eigenvalue weighted by molar-refractivity contribution is 0.340. The fourth-order valence-corrected chi connectivity index (χ4v) is 3.71. The molecular weight excluding hydrogens is 406 g/mol. The summed E-state index contributed by atoms with van der Waals surface area (Å²) in [5.41, 5.74) is 2.98. The smallest absolute Gasteiger partial charge is 0.288 e. The van der Waals surface area contributed by atoms with E-state index < -0.39 is 6.04 Å². The lowest BCUT2D eigenvalue weighted by Gasteiger charge is -2.27. The number of rotatable bonds is 4. The monoisotopic (exact) mass is 421 g/mol. The molecule has 1 aliphatic rings. The van der Waals surface area contributed by atoms with Gasteiger partial charge in [0.1, 0.15) is 17.5 Å². The molecule has 0 saturated heterocycles. The minimum Gasteiger partial charge on any atom is -0.494 e. The van der Waals surface area contributed by atoms with E-state index in [0.717, 1.165) is 16.9 Å². The minimum absolute atomic E-state index is 0.354. The zero-order valence-electron chi connectivity index (χ0n) is 15.8. The number of H-pyrrole nitrogens is 1. The quantitative estimate of drug-likeness (QED) is 0.458. The maximum atomic E-state index is 12.6. The van der Waals surface area contributed by atoms with Crippen LogP contribution in [-0.2, 0) is 0 Å². The van der Waals surface area contributed by atoms with Gasteiger partial charge in [-0.15, -0.1) is 0 Å². The molecule has 4 aromatic rings. The van der Waals surface area contributed by atoms with E-state index in [0.29, 0.717) is 34.5 Å². The molecule has 0 radical (unpaired) electrons. The van der Waals surface area contributed by atoms with Gasteiger partial charge in [0.2, 0.25) is 5.95 Å². The molecular formula is C20H16ClN7O2. The van der Waals surface area contributed by atoms with E-state index in [4.69, 9.17) is 16.3 Å². The Kier molecular flexibility index (Phi) is 4.44. The second kappa shape index (κ2) is 7.27. The second-order valence-corrected chi connectivity index (χ2v) is 7.11. The van der Waals surface area contributed by atoms with Crippen molar-refractivity contribution in [2.75, 3.05) is 11.9 Å². The van der Waals surface area contributed by atoms with Gasteiger partial charge >= 0.3 is 0 Å². The van der Waals surface area contributed by atoms with E-state index in [1.54, 1.807) is 16.8 Å². The normalized spacial score (nSPS) is 14.5. The lowest BCUT2D eigenvalue weighted by atomic mass is 9.92. The molecule has 0 saturated carbocycles. The predicted molar refractivity (Wildman–Crippen MR) is 111 cm³/mol. The summed E-state index contributed by atoms with van der Waals surface area (Å²) in [5.74, 6) is 1.13. The Balaban J connectivity index is 1.73. The third kappa shape index (κ3) is 3.00. The number of hydrogen-bond acceptors (Lipinski definition) is 7. The van der Waals surface area contributed by atoms with Gasteiger partial charge in [-0.1, -0.05) is 28.8 Å². The Morgan fingerprint density at radius 3 is 2.63 bits per heavy atom. The van der Waals surface area contributed by atoms with Crippen LogP contribution in [0.5, 0.6) is 5.75 Å². The molecule has 150 valence electrons. The van der Waals surface area contributed by atoms with Crippen LogP contribution in [0.1, 0.15) is 24.1 Å². The number of benzene rings is 2. The average molecular weight is 422 g/mol. The Morgan fingerprint density at radius 1 is 1.13 bits per heavy atom. The number of ether oxygens (including phenoxy) is 1. The van der Waals surface area contributed by atoms with E-state index in [1.165, 1.54) is 0 Å². The summed E-state index contributed by atoms with van der Waals surface area (Å²) in [6.07, 6.45) is 0. The summed E-state index contributed by atoms with van der Waals surface area (Å²) in [4.78, 5) is 12.6. The Bertz CT molecular complexity index is 1270. The summed E-state index contributed by atoms with van der Waals surface area (Å²) in [6.45, 7) is 2.51. The molecule has 1 aliphatic heterocycles. The summed E-state index contributed by atoms with van der Waals surface area (Å²) < 4.78 is 7.16. The summed E-state index contributed by atoms with van der Waals surface area (Å²) in [5, 5.41) is 22.5. The first-order chi connectivity index (χ1) is 14.7. The van der Waals surface area contributed by atoms with E-state index in [2.05, 4.69) is 31.0 Å². The highest BCUT2D eigenvalue weighted by molar-refractivity contribution is 6.30. The highest BCUT2D eigenvalue weighted by atomic mass is 35.5. The molecule has 0 unspecified atom stereocenters. The topological polar surface area (TPSA) is 111 Å². The molecule has 9 nitrogen and oxygen atoms in total. The van der Waals surface area contributed by atoms with Crippen LogP contribution in [0.25, 0.3) is 11.3 Å². The highest BCUT2D eigenvalue weighted by Gasteiger charge is 2.34. The van der Waals surface area contributed by atoms with Crippen molar-refractivity contribution in [3.63, 3.8) is 0 Å². The molecule has 2 aromatic heterocycles. The second-order valence-electron chi connectivity index (χ2n) is 6.67. The number of nitrogens with zero attached hydrogens (tertiary/aromatic N) is 5. The SMILES string of the molecule is CCOc1ccc(-c2n[nH]c(=O)c3c2[C@H](c2ccc(Cl)cc2)n2nnnc2N3)cc1. The molecule has 5 rings (SSSR count). The number of anilines is 2. The van der Waals surface area contributed by atoms with Crippen molar-refractivity contribution < 1.29 is 4.74 Å². The molecule has 2 aromatic carbocycles. The van der Waals surface area contributed by atoms with Crippen molar-refractivity contribution in [1.82, 2.24) is 30.4 Å². The summed E-state index contributed by atoms with van der Waals surface area (Å²) >= 11 is 6.08. The number of tetrazole rings is 1. The van der Waals surface area contributed by atoms with Crippen LogP contribution in [0.4, 0.5) is 11.6 Å². The van der Waals surface area contributed by atoms with Crippen molar-refractivity contribution >= 4 is 23.2 Å². The van der Waals surface area contributed by atoms with Crippen LogP contribution in [0, 0.1) is 0 Å². The minimum atomic E-state index is -0.458. The number of aromatic nitrogens is 6. The van der Waals surface area contributed by atoms with Gasteiger partial charge in [0, 0.05) is 16.1 Å². The highest BCUT2D eigenvalue weighted by Crippen LogP contribution is 2.41. The van der Waals surface area contributed by atoms with Gasteiger partial charge in [-0.3, -0.25) is 4.79 Å². The van der Waals surface area contributed by atoms with E-state index in [1.807, 2.05) is 43.3 Å². The zero-order valence-corrected chi connectivity index (χ0v) is 16.6. The van der Waals surface area contributed by atoms with Gasteiger partial charge in [-0.05, 0) is 59.3 Å². The van der Waals surface area contributed by atoms with Gasteiger partial charge in [-0.25, -0.2) is 5.10 Å². The van der Waals surface area contributed by atoms with E-state index in [-0.39, 0.29) is 5.56 Å². The molecule has 0 amide bonds. The summed E-state index contributed by atoms with van der Waals surface area (Å²) in [6, 6.07) is 14.4. The number of hydrogen-bond donors (Lipinski definition) is 2. The number of aromatic amines is 1. The predicted octanol–water partition coefficient (Wildman–Crippen LogP) is 3.17. The molecule has 3 heterocycles. The van der Waals surface area contributed by atoms with Gasteiger partial charge in [0.25, 0.3) is 5.56 Å². The van der Waals surface area contributed by atoms with Crippen molar-refractivity contribution in [1.29, 1.82) is 0 Å². The maximum absolute atomic E-state index is 12.6. The maximum Gasteiger partial charge on any atom is 0.288 e. The van der Waals surface area contributed by atoms with Gasteiger partial charge in [-0.2, -0.15) is 9.78 Å². The van der Waals surface area contributed by atoms with Crippen LogP contribution >= 0.6 is 11.6 Å².